The highest BCUT2D eigenvalue weighted by molar-refractivity contribution is 5.76. The van der Waals surface area contributed by atoms with Crippen LogP contribution in [0.4, 0.5) is 8.78 Å². The molecule has 0 aromatic heterocycles. The number of halogens is 2. The Bertz CT molecular complexity index is 399. The quantitative estimate of drug-likeness (QED) is 0.726. The highest BCUT2D eigenvalue weighted by Crippen LogP contribution is 2.89. The molecule has 4 unspecified atom stereocenters. The lowest BCUT2D eigenvalue weighted by Gasteiger charge is -2.21. The molecule has 3 fully saturated rings. The summed E-state index contributed by atoms with van der Waals surface area (Å²) < 4.78 is 30.3. The van der Waals surface area contributed by atoms with Crippen LogP contribution in [0.1, 0.15) is 40.0 Å². The van der Waals surface area contributed by atoms with Crippen molar-refractivity contribution < 1.29 is 18.3 Å². The summed E-state index contributed by atoms with van der Waals surface area (Å²) in [5, 5.41) is 0. The van der Waals surface area contributed by atoms with E-state index in [-0.39, 0.29) is 12.5 Å². The minimum Gasteiger partial charge on any atom is -0.461 e. The Labute approximate surface area is 106 Å². The van der Waals surface area contributed by atoms with Crippen molar-refractivity contribution in [3.05, 3.63) is 0 Å². The molecule has 3 saturated carbocycles. The number of carbonyl (C=O) groups excluding carboxylic acids is 1. The average molecular weight is 258 g/mol. The zero-order valence-electron chi connectivity index (χ0n) is 11.1. The smallest absolute Gasteiger partial charge is 0.376 e. The van der Waals surface area contributed by atoms with Crippen LogP contribution in [0.5, 0.6) is 0 Å². The number of carbonyl (C=O) groups is 1. The Morgan fingerprint density at radius 2 is 2.06 bits per heavy atom. The lowest BCUT2D eigenvalue weighted by Crippen LogP contribution is -2.30. The van der Waals surface area contributed by atoms with Crippen LogP contribution in [0.25, 0.3) is 0 Å². The maximum Gasteiger partial charge on any atom is 0.376 e. The Balaban J connectivity index is 1.61. The molecule has 18 heavy (non-hydrogen) atoms. The van der Waals surface area contributed by atoms with Gasteiger partial charge in [0.2, 0.25) is 0 Å². The molecule has 3 aliphatic rings. The maximum absolute atomic E-state index is 12.7. The van der Waals surface area contributed by atoms with Crippen LogP contribution in [-0.4, -0.2) is 18.5 Å². The molecular weight excluding hydrogens is 238 g/mol. The first kappa shape index (κ1) is 12.4. The van der Waals surface area contributed by atoms with E-state index in [0.717, 1.165) is 12.3 Å². The molecule has 3 rings (SSSR count). The standard InChI is InChI=1S/C14H20F2O2/c1-12(2)10-8(4-5-9-6-14(9,10)12)7-18-11(17)13(3,15)16/h8-10H,4-7H2,1-3H3. The van der Waals surface area contributed by atoms with Crippen molar-refractivity contribution in [2.45, 2.75) is 46.0 Å². The van der Waals surface area contributed by atoms with Crippen LogP contribution in [0.2, 0.25) is 0 Å². The summed E-state index contributed by atoms with van der Waals surface area (Å²) in [6, 6.07) is 0. The fourth-order valence-corrected chi connectivity index (χ4v) is 4.89. The molecule has 0 aromatic rings. The summed E-state index contributed by atoms with van der Waals surface area (Å²) in [5.41, 5.74) is 0.789. The number of rotatable bonds is 3. The molecule has 4 heteroatoms. The summed E-state index contributed by atoms with van der Waals surface area (Å²) in [7, 11) is 0. The molecule has 0 N–H and O–H groups in total. The topological polar surface area (TPSA) is 26.3 Å². The van der Waals surface area contributed by atoms with Gasteiger partial charge in [-0.15, -0.1) is 0 Å². The van der Waals surface area contributed by atoms with E-state index in [1.54, 1.807) is 0 Å². The minimum atomic E-state index is -3.37. The normalized spacial score (nSPS) is 43.7. The Hall–Kier alpha value is -0.670. The molecule has 0 saturated heterocycles. The molecule has 3 aliphatic carbocycles. The van der Waals surface area contributed by atoms with Crippen molar-refractivity contribution in [1.82, 2.24) is 0 Å². The van der Waals surface area contributed by atoms with Gasteiger partial charge in [0.15, 0.2) is 0 Å². The average Bonchev–Trinajstić information content (AvgIpc) is 3.07. The van der Waals surface area contributed by atoms with Crippen molar-refractivity contribution in [3.8, 4) is 0 Å². The molecule has 4 atom stereocenters. The minimum absolute atomic E-state index is 0.171. The lowest BCUT2D eigenvalue weighted by molar-refractivity contribution is -0.171. The van der Waals surface area contributed by atoms with Crippen LogP contribution in [-0.2, 0) is 9.53 Å². The first-order valence-corrected chi connectivity index (χ1v) is 6.76. The highest BCUT2D eigenvalue weighted by Gasteiger charge is 2.84. The molecular formula is C14H20F2O2. The molecule has 2 nitrogen and oxygen atoms in total. The summed E-state index contributed by atoms with van der Waals surface area (Å²) >= 11 is 0. The van der Waals surface area contributed by atoms with E-state index in [1.165, 1.54) is 12.8 Å². The number of hydrogen-bond acceptors (Lipinski definition) is 2. The second-order valence-corrected chi connectivity index (χ2v) is 6.97. The Morgan fingerprint density at radius 1 is 1.39 bits per heavy atom. The van der Waals surface area contributed by atoms with E-state index in [1.807, 2.05) is 0 Å². The zero-order valence-corrected chi connectivity index (χ0v) is 11.1. The zero-order chi connectivity index (χ0) is 13.3. The van der Waals surface area contributed by atoms with Gasteiger partial charge in [0, 0.05) is 6.92 Å². The molecule has 0 aromatic carbocycles. The summed E-state index contributed by atoms with van der Waals surface area (Å²) in [5.74, 6) is -3.05. The molecule has 0 amide bonds. The van der Waals surface area contributed by atoms with Gasteiger partial charge in [-0.05, 0) is 47.8 Å². The van der Waals surface area contributed by atoms with Crippen molar-refractivity contribution in [1.29, 1.82) is 0 Å². The summed E-state index contributed by atoms with van der Waals surface area (Å²) in [6.07, 6.45) is 3.48. The third kappa shape index (κ3) is 1.41. The van der Waals surface area contributed by atoms with E-state index in [4.69, 9.17) is 4.74 Å². The van der Waals surface area contributed by atoms with Crippen LogP contribution in [0.15, 0.2) is 0 Å². The molecule has 1 spiro atoms. The van der Waals surface area contributed by atoms with Gasteiger partial charge in [-0.1, -0.05) is 13.8 Å². The van der Waals surface area contributed by atoms with Gasteiger partial charge in [0.05, 0.1) is 6.61 Å². The maximum atomic E-state index is 12.7. The van der Waals surface area contributed by atoms with Gasteiger partial charge in [-0.25, -0.2) is 4.79 Å². The first-order valence-electron chi connectivity index (χ1n) is 6.76. The molecule has 0 bridgehead atoms. The number of esters is 1. The van der Waals surface area contributed by atoms with Crippen molar-refractivity contribution in [2.24, 2.45) is 28.6 Å². The fraction of sp³-hybridized carbons (Fsp3) is 0.929. The predicted molar refractivity (Wildman–Crippen MR) is 62.1 cm³/mol. The van der Waals surface area contributed by atoms with Crippen LogP contribution in [0, 0.1) is 28.6 Å². The van der Waals surface area contributed by atoms with Crippen LogP contribution in [0.3, 0.4) is 0 Å². The lowest BCUT2D eigenvalue weighted by atomic mass is 9.89. The molecule has 0 radical (unpaired) electrons. The number of ether oxygens (including phenoxy) is 1. The highest BCUT2D eigenvalue weighted by atomic mass is 19.3. The van der Waals surface area contributed by atoms with Crippen molar-refractivity contribution >= 4 is 5.97 Å². The van der Waals surface area contributed by atoms with Crippen molar-refractivity contribution in [3.63, 3.8) is 0 Å². The number of hydrogen-bond donors (Lipinski definition) is 0. The van der Waals surface area contributed by atoms with Crippen LogP contribution >= 0.6 is 0 Å². The van der Waals surface area contributed by atoms with E-state index in [0.29, 0.717) is 23.7 Å². The third-order valence-corrected chi connectivity index (χ3v) is 5.75. The van der Waals surface area contributed by atoms with E-state index < -0.39 is 11.9 Å². The van der Waals surface area contributed by atoms with Gasteiger partial charge in [-0.2, -0.15) is 8.78 Å². The van der Waals surface area contributed by atoms with Gasteiger partial charge in [-0.3, -0.25) is 0 Å². The first-order chi connectivity index (χ1) is 8.21. The second-order valence-electron chi connectivity index (χ2n) is 6.97. The second kappa shape index (κ2) is 3.26. The van der Waals surface area contributed by atoms with E-state index in [9.17, 15) is 13.6 Å². The van der Waals surface area contributed by atoms with Crippen molar-refractivity contribution in [2.75, 3.05) is 6.61 Å². The van der Waals surface area contributed by atoms with Gasteiger partial charge < -0.3 is 4.74 Å². The number of alkyl halides is 2. The molecule has 0 aliphatic heterocycles. The van der Waals surface area contributed by atoms with Gasteiger partial charge in [0.25, 0.3) is 0 Å². The molecule has 102 valence electrons. The van der Waals surface area contributed by atoms with E-state index >= 15 is 0 Å². The molecule has 0 heterocycles. The predicted octanol–water partition coefficient (Wildman–Crippen LogP) is 3.26. The Kier molecular flexibility index (Phi) is 2.24. The SMILES string of the molecule is CC(F)(F)C(=O)OCC1CCC2CC23C1C3(C)C. The largest absolute Gasteiger partial charge is 0.461 e. The van der Waals surface area contributed by atoms with Crippen LogP contribution < -0.4 is 0 Å². The monoisotopic (exact) mass is 258 g/mol. The summed E-state index contributed by atoms with van der Waals surface area (Å²) in [4.78, 5) is 11.1. The van der Waals surface area contributed by atoms with Gasteiger partial charge in [0.1, 0.15) is 0 Å². The van der Waals surface area contributed by atoms with Gasteiger partial charge >= 0.3 is 11.9 Å². The summed E-state index contributed by atoms with van der Waals surface area (Å²) in [6.45, 7) is 5.30. The fourth-order valence-electron chi connectivity index (χ4n) is 4.89. The Morgan fingerprint density at radius 3 is 2.67 bits per heavy atom. The van der Waals surface area contributed by atoms with E-state index in [2.05, 4.69) is 13.8 Å². The third-order valence-electron chi connectivity index (χ3n) is 5.75.